The molecule has 0 aliphatic heterocycles. The molecule has 0 radical (unpaired) electrons. The van der Waals surface area contributed by atoms with Crippen LogP contribution in [0.3, 0.4) is 0 Å². The maximum Gasteiger partial charge on any atom is 0.339 e. The van der Waals surface area contributed by atoms with Crippen molar-refractivity contribution in [3.63, 3.8) is 0 Å². The molecule has 5 nitrogen and oxygen atoms in total. The van der Waals surface area contributed by atoms with Crippen molar-refractivity contribution in [2.24, 2.45) is 0 Å². The Bertz CT molecular complexity index is 751. The predicted octanol–water partition coefficient (Wildman–Crippen LogP) is 3.91. The van der Waals surface area contributed by atoms with Crippen LogP contribution in [0.25, 0.3) is 6.08 Å². The third kappa shape index (κ3) is 5.49. The lowest BCUT2D eigenvalue weighted by Gasteiger charge is -2.07. The van der Waals surface area contributed by atoms with E-state index in [1.54, 1.807) is 30.3 Å². The van der Waals surface area contributed by atoms with E-state index in [1.807, 2.05) is 31.2 Å². The summed E-state index contributed by atoms with van der Waals surface area (Å²) < 4.78 is 10.2. The van der Waals surface area contributed by atoms with Crippen molar-refractivity contribution in [2.75, 3.05) is 19.0 Å². The van der Waals surface area contributed by atoms with Gasteiger partial charge in [-0.2, -0.15) is 0 Å². The number of amides is 1. The van der Waals surface area contributed by atoms with Crippen LogP contribution in [0, 0.1) is 0 Å². The molecular weight excluding hydrogens is 318 g/mol. The molecular formula is C20H21NO4. The van der Waals surface area contributed by atoms with Crippen LogP contribution in [0.15, 0.2) is 54.6 Å². The maximum atomic E-state index is 12.1. The fourth-order valence-corrected chi connectivity index (χ4v) is 2.12. The predicted molar refractivity (Wildman–Crippen MR) is 97.7 cm³/mol. The van der Waals surface area contributed by atoms with Crippen molar-refractivity contribution in [2.45, 2.75) is 13.3 Å². The van der Waals surface area contributed by atoms with Crippen LogP contribution in [0.2, 0.25) is 0 Å². The van der Waals surface area contributed by atoms with Crippen molar-refractivity contribution in [1.29, 1.82) is 0 Å². The number of carbonyl (C=O) groups excluding carboxylic acids is 2. The Morgan fingerprint density at radius 2 is 1.80 bits per heavy atom. The van der Waals surface area contributed by atoms with Crippen LogP contribution in [0.5, 0.6) is 5.75 Å². The molecule has 2 rings (SSSR count). The molecule has 1 N–H and O–H groups in total. The van der Waals surface area contributed by atoms with Crippen molar-refractivity contribution >= 4 is 23.6 Å². The van der Waals surface area contributed by atoms with Crippen LogP contribution in [0.1, 0.15) is 29.3 Å². The van der Waals surface area contributed by atoms with Gasteiger partial charge in [-0.3, -0.25) is 4.79 Å². The number of hydrogen-bond donors (Lipinski definition) is 1. The van der Waals surface area contributed by atoms with Gasteiger partial charge in [-0.25, -0.2) is 4.79 Å². The average molecular weight is 339 g/mol. The van der Waals surface area contributed by atoms with Gasteiger partial charge in [0.05, 0.1) is 25.0 Å². The van der Waals surface area contributed by atoms with Gasteiger partial charge in [-0.1, -0.05) is 31.2 Å². The molecule has 0 bridgehead atoms. The van der Waals surface area contributed by atoms with Gasteiger partial charge in [0.2, 0.25) is 5.91 Å². The van der Waals surface area contributed by atoms with E-state index in [-0.39, 0.29) is 5.91 Å². The topological polar surface area (TPSA) is 64.6 Å². The Morgan fingerprint density at radius 1 is 1.08 bits per heavy atom. The van der Waals surface area contributed by atoms with Gasteiger partial charge in [-0.15, -0.1) is 0 Å². The second-order valence-electron chi connectivity index (χ2n) is 5.28. The van der Waals surface area contributed by atoms with Gasteiger partial charge in [0, 0.05) is 6.08 Å². The first-order chi connectivity index (χ1) is 12.1. The molecule has 5 heteroatoms. The van der Waals surface area contributed by atoms with Crippen LogP contribution in [-0.2, 0) is 9.53 Å². The number of anilines is 1. The third-order valence-corrected chi connectivity index (χ3v) is 3.37. The molecule has 2 aromatic carbocycles. The lowest BCUT2D eigenvalue weighted by molar-refractivity contribution is -0.111. The zero-order valence-corrected chi connectivity index (χ0v) is 14.3. The first-order valence-electron chi connectivity index (χ1n) is 8.03. The van der Waals surface area contributed by atoms with Crippen molar-refractivity contribution in [3.05, 3.63) is 65.7 Å². The molecule has 2 aromatic rings. The lowest BCUT2D eigenvalue weighted by Crippen LogP contribution is -2.12. The highest BCUT2D eigenvalue weighted by atomic mass is 16.5. The summed E-state index contributed by atoms with van der Waals surface area (Å²) in [5.74, 6) is -0.0272. The molecule has 0 aliphatic carbocycles. The number of ether oxygens (including phenoxy) is 2. The summed E-state index contributed by atoms with van der Waals surface area (Å²) in [5, 5.41) is 2.68. The summed E-state index contributed by atoms with van der Waals surface area (Å²) >= 11 is 0. The summed E-state index contributed by atoms with van der Waals surface area (Å²) in [6.07, 6.45) is 4.06. The minimum atomic E-state index is -0.498. The van der Waals surface area contributed by atoms with Crippen LogP contribution in [-0.4, -0.2) is 25.6 Å². The van der Waals surface area contributed by atoms with Gasteiger partial charge >= 0.3 is 5.97 Å². The number of para-hydroxylation sites is 1. The standard InChI is InChI=1S/C20H21NO4/c1-3-14-25-16-11-8-15(9-12-16)10-13-19(22)21-18-7-5-4-6-17(18)20(23)24-2/h4-13H,3,14H2,1-2H3,(H,21,22)/b13-10+. The smallest absolute Gasteiger partial charge is 0.339 e. The Hall–Kier alpha value is -3.08. The molecule has 1 amide bonds. The monoisotopic (exact) mass is 339 g/mol. The highest BCUT2D eigenvalue weighted by Gasteiger charge is 2.11. The summed E-state index contributed by atoms with van der Waals surface area (Å²) in [6.45, 7) is 2.73. The fraction of sp³-hybridized carbons (Fsp3) is 0.200. The lowest BCUT2D eigenvalue weighted by atomic mass is 10.1. The summed E-state index contributed by atoms with van der Waals surface area (Å²) in [7, 11) is 1.30. The van der Waals surface area contributed by atoms with E-state index in [0.29, 0.717) is 17.9 Å². The summed E-state index contributed by atoms with van der Waals surface area (Å²) in [4.78, 5) is 23.8. The number of benzene rings is 2. The Balaban J connectivity index is 2.00. The zero-order chi connectivity index (χ0) is 18.1. The van der Waals surface area contributed by atoms with Gasteiger partial charge in [-0.05, 0) is 42.3 Å². The minimum absolute atomic E-state index is 0.309. The molecule has 0 spiro atoms. The van der Waals surface area contributed by atoms with E-state index in [4.69, 9.17) is 9.47 Å². The molecule has 130 valence electrons. The highest BCUT2D eigenvalue weighted by Crippen LogP contribution is 2.17. The van der Waals surface area contributed by atoms with E-state index < -0.39 is 5.97 Å². The Morgan fingerprint density at radius 3 is 2.48 bits per heavy atom. The van der Waals surface area contributed by atoms with E-state index in [0.717, 1.165) is 17.7 Å². The second kappa shape index (κ2) is 9.27. The molecule has 25 heavy (non-hydrogen) atoms. The minimum Gasteiger partial charge on any atom is -0.494 e. The maximum absolute atomic E-state index is 12.1. The van der Waals surface area contributed by atoms with Crippen molar-refractivity contribution in [3.8, 4) is 5.75 Å². The quantitative estimate of drug-likeness (QED) is 0.613. The first-order valence-corrected chi connectivity index (χ1v) is 8.03. The SMILES string of the molecule is CCCOc1ccc(/C=C/C(=O)Nc2ccccc2C(=O)OC)cc1. The molecule has 0 aliphatic rings. The zero-order valence-electron chi connectivity index (χ0n) is 14.3. The van der Waals surface area contributed by atoms with Gasteiger partial charge in [0.1, 0.15) is 5.75 Å². The normalized spacial score (nSPS) is 10.5. The number of methoxy groups -OCH3 is 1. The van der Waals surface area contributed by atoms with Gasteiger partial charge in [0.15, 0.2) is 0 Å². The van der Waals surface area contributed by atoms with Crippen molar-refractivity contribution < 1.29 is 19.1 Å². The Kier molecular flexibility index (Phi) is 6.77. The average Bonchev–Trinajstić information content (AvgIpc) is 2.65. The number of rotatable bonds is 7. The van der Waals surface area contributed by atoms with Crippen LogP contribution in [0.4, 0.5) is 5.69 Å². The molecule has 0 aromatic heterocycles. The molecule has 0 fully saturated rings. The molecule has 0 heterocycles. The second-order valence-corrected chi connectivity index (χ2v) is 5.28. The van der Waals surface area contributed by atoms with E-state index in [9.17, 15) is 9.59 Å². The number of hydrogen-bond acceptors (Lipinski definition) is 4. The molecule has 0 saturated heterocycles. The molecule has 0 saturated carbocycles. The summed E-state index contributed by atoms with van der Waals surface area (Å²) in [5.41, 5.74) is 1.59. The first kappa shape index (κ1) is 18.3. The van der Waals surface area contributed by atoms with E-state index >= 15 is 0 Å². The van der Waals surface area contributed by atoms with E-state index in [2.05, 4.69) is 5.32 Å². The number of esters is 1. The molecule has 0 atom stereocenters. The van der Waals surface area contributed by atoms with Gasteiger partial charge < -0.3 is 14.8 Å². The summed E-state index contributed by atoms with van der Waals surface area (Å²) in [6, 6.07) is 14.2. The Labute approximate surface area is 147 Å². The van der Waals surface area contributed by atoms with E-state index in [1.165, 1.54) is 13.2 Å². The van der Waals surface area contributed by atoms with Crippen LogP contribution < -0.4 is 10.1 Å². The van der Waals surface area contributed by atoms with Crippen LogP contribution >= 0.6 is 0 Å². The van der Waals surface area contributed by atoms with Gasteiger partial charge in [0.25, 0.3) is 0 Å². The highest BCUT2D eigenvalue weighted by molar-refractivity contribution is 6.06. The largest absolute Gasteiger partial charge is 0.494 e. The molecule has 0 unspecified atom stereocenters. The van der Waals surface area contributed by atoms with Crippen molar-refractivity contribution in [1.82, 2.24) is 0 Å². The number of nitrogens with one attached hydrogen (secondary N) is 1. The fourth-order valence-electron chi connectivity index (χ4n) is 2.12. The third-order valence-electron chi connectivity index (χ3n) is 3.37. The number of carbonyl (C=O) groups is 2.